The van der Waals surface area contributed by atoms with E-state index in [1.807, 2.05) is 12.4 Å². The number of aromatic nitrogens is 3. The van der Waals surface area contributed by atoms with E-state index in [2.05, 4.69) is 43.8 Å². The number of nitrogens with two attached hydrogens (primary N) is 2. The molecular weight excluding hydrogens is 385 g/mol. The fraction of sp³-hybridized carbons (Fsp3) is 0.500. The highest BCUT2D eigenvalue weighted by atomic mass is 35.5. The molecule has 3 heterocycles. The van der Waals surface area contributed by atoms with Gasteiger partial charge in [-0.2, -0.15) is 4.98 Å². The van der Waals surface area contributed by atoms with Crippen molar-refractivity contribution in [2.75, 3.05) is 41.7 Å². The molecule has 0 amide bonds. The highest BCUT2D eigenvalue weighted by molar-refractivity contribution is 5.85. The van der Waals surface area contributed by atoms with Gasteiger partial charge >= 0.3 is 0 Å². The monoisotopic (exact) mass is 411 g/mol. The summed E-state index contributed by atoms with van der Waals surface area (Å²) < 4.78 is 0. The molecule has 2 aromatic heterocycles. The maximum absolute atomic E-state index is 5.96. The van der Waals surface area contributed by atoms with Crippen molar-refractivity contribution in [2.45, 2.75) is 31.7 Å². The first-order chi connectivity index (χ1) is 12.1. The second kappa shape index (κ2) is 8.91. The van der Waals surface area contributed by atoms with Crippen LogP contribution in [0.3, 0.4) is 0 Å². The Hall–Kier alpha value is -1.83. The second-order valence-electron chi connectivity index (χ2n) is 7.07. The van der Waals surface area contributed by atoms with Gasteiger partial charge < -0.3 is 21.3 Å². The number of anilines is 3. The standard InChI is InChI=1S/C18H25N7.2ClH/c1-12-11-21-3-2-16(12)24-4-6-25(7-5-24)17-10-15(22-18(20)23-17)13-8-14(19)9-13;;/h2-3,10-11,13-14H,4-9,19H2,1H3,(H2,20,22,23);2*1H. The fourth-order valence-corrected chi connectivity index (χ4v) is 3.74. The summed E-state index contributed by atoms with van der Waals surface area (Å²) in [6.45, 7) is 5.86. The van der Waals surface area contributed by atoms with Gasteiger partial charge in [0.25, 0.3) is 0 Å². The fourth-order valence-electron chi connectivity index (χ4n) is 3.74. The van der Waals surface area contributed by atoms with Crippen LogP contribution in [0.2, 0.25) is 0 Å². The first-order valence-electron chi connectivity index (χ1n) is 8.90. The Morgan fingerprint density at radius 2 is 1.70 bits per heavy atom. The molecule has 7 nitrogen and oxygen atoms in total. The average molecular weight is 412 g/mol. The van der Waals surface area contributed by atoms with Gasteiger partial charge in [0.2, 0.25) is 5.95 Å². The van der Waals surface area contributed by atoms with E-state index in [0.29, 0.717) is 17.9 Å². The molecule has 1 aliphatic heterocycles. The molecule has 1 saturated heterocycles. The van der Waals surface area contributed by atoms with E-state index in [0.717, 1.165) is 50.5 Å². The van der Waals surface area contributed by atoms with Crippen LogP contribution < -0.4 is 21.3 Å². The van der Waals surface area contributed by atoms with Crippen molar-refractivity contribution < 1.29 is 0 Å². The Kier molecular flexibility index (Phi) is 7.08. The lowest BCUT2D eigenvalue weighted by atomic mass is 9.78. The second-order valence-corrected chi connectivity index (χ2v) is 7.07. The first-order valence-corrected chi connectivity index (χ1v) is 8.90. The molecule has 0 spiro atoms. The van der Waals surface area contributed by atoms with Gasteiger partial charge in [0.1, 0.15) is 5.82 Å². The number of rotatable bonds is 3. The van der Waals surface area contributed by atoms with Gasteiger partial charge in [-0.15, -0.1) is 24.8 Å². The molecule has 0 bridgehead atoms. The highest BCUT2D eigenvalue weighted by Crippen LogP contribution is 2.36. The Labute approximate surface area is 172 Å². The molecule has 9 heteroatoms. The van der Waals surface area contributed by atoms with E-state index in [-0.39, 0.29) is 24.8 Å². The summed E-state index contributed by atoms with van der Waals surface area (Å²) >= 11 is 0. The molecule has 27 heavy (non-hydrogen) atoms. The molecule has 2 fully saturated rings. The van der Waals surface area contributed by atoms with Crippen molar-refractivity contribution in [3.63, 3.8) is 0 Å². The Balaban J connectivity index is 0.00000131. The van der Waals surface area contributed by atoms with E-state index in [1.54, 1.807) is 0 Å². The van der Waals surface area contributed by atoms with Gasteiger partial charge in [-0.3, -0.25) is 4.98 Å². The lowest BCUT2D eigenvalue weighted by molar-refractivity contribution is 0.345. The number of piperazine rings is 1. The van der Waals surface area contributed by atoms with Crippen molar-refractivity contribution in [2.24, 2.45) is 5.73 Å². The summed E-state index contributed by atoms with van der Waals surface area (Å²) in [5.41, 5.74) is 15.4. The van der Waals surface area contributed by atoms with E-state index in [4.69, 9.17) is 11.5 Å². The molecule has 0 radical (unpaired) electrons. The molecule has 0 aromatic carbocycles. The predicted octanol–water partition coefficient (Wildman–Crippen LogP) is 2.14. The van der Waals surface area contributed by atoms with Crippen molar-refractivity contribution in [1.29, 1.82) is 0 Å². The minimum Gasteiger partial charge on any atom is -0.368 e. The molecule has 1 aliphatic carbocycles. The lowest BCUT2D eigenvalue weighted by Gasteiger charge is -2.38. The first kappa shape index (κ1) is 21.5. The van der Waals surface area contributed by atoms with Crippen LogP contribution in [-0.4, -0.2) is 47.2 Å². The molecule has 0 unspecified atom stereocenters. The van der Waals surface area contributed by atoms with Crippen LogP contribution in [0, 0.1) is 6.92 Å². The zero-order valence-electron chi connectivity index (χ0n) is 15.4. The van der Waals surface area contributed by atoms with Crippen molar-refractivity contribution in [1.82, 2.24) is 15.0 Å². The summed E-state index contributed by atoms with van der Waals surface area (Å²) in [5.74, 6) is 1.73. The van der Waals surface area contributed by atoms with Crippen LogP contribution in [0.1, 0.15) is 30.0 Å². The summed E-state index contributed by atoms with van der Waals surface area (Å²) in [4.78, 5) is 17.8. The maximum atomic E-state index is 5.96. The van der Waals surface area contributed by atoms with Gasteiger partial charge in [0.15, 0.2) is 0 Å². The third kappa shape index (κ3) is 4.54. The minimum absolute atomic E-state index is 0. The van der Waals surface area contributed by atoms with Crippen LogP contribution in [0.15, 0.2) is 24.5 Å². The summed E-state index contributed by atoms with van der Waals surface area (Å²) in [7, 11) is 0. The average Bonchev–Trinajstić information content (AvgIpc) is 2.59. The summed E-state index contributed by atoms with van der Waals surface area (Å²) in [5, 5.41) is 0. The lowest BCUT2D eigenvalue weighted by Crippen LogP contribution is -2.47. The van der Waals surface area contributed by atoms with Crippen molar-refractivity contribution in [3.05, 3.63) is 35.8 Å². The molecule has 148 valence electrons. The van der Waals surface area contributed by atoms with Crippen LogP contribution >= 0.6 is 24.8 Å². The van der Waals surface area contributed by atoms with Crippen molar-refractivity contribution in [3.8, 4) is 0 Å². The topological polar surface area (TPSA) is 97.2 Å². The van der Waals surface area contributed by atoms with Gasteiger partial charge in [-0.25, -0.2) is 4.98 Å². The predicted molar refractivity (Wildman–Crippen MR) is 114 cm³/mol. The van der Waals surface area contributed by atoms with Crippen LogP contribution in [0.4, 0.5) is 17.5 Å². The largest absolute Gasteiger partial charge is 0.368 e. The quantitative estimate of drug-likeness (QED) is 0.797. The smallest absolute Gasteiger partial charge is 0.222 e. The molecule has 1 saturated carbocycles. The zero-order chi connectivity index (χ0) is 17.4. The van der Waals surface area contributed by atoms with E-state index in [9.17, 15) is 0 Å². The Bertz CT molecular complexity index is 759. The molecule has 4 N–H and O–H groups in total. The Morgan fingerprint density at radius 1 is 1.04 bits per heavy atom. The van der Waals surface area contributed by atoms with Gasteiger partial charge in [0, 0.05) is 62.3 Å². The number of pyridine rings is 1. The molecule has 2 aromatic rings. The Morgan fingerprint density at radius 3 is 2.33 bits per heavy atom. The van der Waals surface area contributed by atoms with Gasteiger partial charge in [0.05, 0.1) is 5.69 Å². The highest BCUT2D eigenvalue weighted by Gasteiger charge is 2.30. The molecule has 0 atom stereocenters. The number of nitrogen functional groups attached to an aromatic ring is 1. The zero-order valence-corrected chi connectivity index (χ0v) is 17.0. The van der Waals surface area contributed by atoms with E-state index < -0.39 is 0 Å². The maximum Gasteiger partial charge on any atom is 0.222 e. The summed E-state index contributed by atoms with van der Waals surface area (Å²) in [6.07, 6.45) is 5.76. The normalized spacial score (nSPS) is 21.7. The number of hydrogen-bond acceptors (Lipinski definition) is 7. The molecular formula is C18H27Cl2N7. The number of aryl methyl sites for hydroxylation is 1. The van der Waals surface area contributed by atoms with Crippen LogP contribution in [-0.2, 0) is 0 Å². The van der Waals surface area contributed by atoms with Crippen LogP contribution in [0.5, 0.6) is 0 Å². The van der Waals surface area contributed by atoms with E-state index >= 15 is 0 Å². The third-order valence-corrected chi connectivity index (χ3v) is 5.28. The minimum atomic E-state index is 0. The molecule has 4 rings (SSSR count). The number of hydrogen-bond donors (Lipinski definition) is 2. The van der Waals surface area contributed by atoms with Crippen LogP contribution in [0.25, 0.3) is 0 Å². The number of halogens is 2. The SMILES string of the molecule is Cc1cnccc1N1CCN(c2cc(C3CC(N)C3)nc(N)n2)CC1.Cl.Cl. The van der Waals surface area contributed by atoms with E-state index in [1.165, 1.54) is 11.3 Å². The van der Waals surface area contributed by atoms with Gasteiger partial charge in [-0.05, 0) is 31.4 Å². The molecule has 2 aliphatic rings. The third-order valence-electron chi connectivity index (χ3n) is 5.28. The number of nitrogens with zero attached hydrogens (tertiary/aromatic N) is 5. The van der Waals surface area contributed by atoms with Gasteiger partial charge in [-0.1, -0.05) is 0 Å². The van der Waals surface area contributed by atoms with Crippen molar-refractivity contribution >= 4 is 42.3 Å². The summed E-state index contributed by atoms with van der Waals surface area (Å²) in [6, 6.07) is 4.49.